The topological polar surface area (TPSA) is 63.4 Å². The van der Waals surface area contributed by atoms with Crippen molar-refractivity contribution < 1.29 is 8.42 Å². The van der Waals surface area contributed by atoms with Crippen LogP contribution in [0.4, 0.5) is 0 Å². The van der Waals surface area contributed by atoms with Crippen LogP contribution in [0.1, 0.15) is 46.5 Å². The summed E-state index contributed by atoms with van der Waals surface area (Å²) in [6.45, 7) is 6.48. The van der Waals surface area contributed by atoms with Crippen LogP contribution in [-0.4, -0.2) is 36.6 Å². The van der Waals surface area contributed by atoms with Gasteiger partial charge in [-0.1, -0.05) is 13.3 Å². The molecule has 1 aliphatic rings. The van der Waals surface area contributed by atoms with Gasteiger partial charge in [0.15, 0.2) is 0 Å². The van der Waals surface area contributed by atoms with Crippen LogP contribution in [0.2, 0.25) is 0 Å². The Morgan fingerprint density at radius 2 is 2.06 bits per heavy atom. The average molecular weight is 248 g/mol. The van der Waals surface area contributed by atoms with Crippen LogP contribution in [0, 0.1) is 0 Å². The molecule has 0 bridgehead atoms. The molecule has 4 nitrogen and oxygen atoms in total. The minimum absolute atomic E-state index is 0.0577. The fourth-order valence-electron chi connectivity index (χ4n) is 2.22. The monoisotopic (exact) mass is 248 g/mol. The van der Waals surface area contributed by atoms with Crippen LogP contribution in [0.3, 0.4) is 0 Å². The summed E-state index contributed by atoms with van der Waals surface area (Å²) in [5.74, 6) is 0.250. The maximum Gasteiger partial charge on any atom is 0.214 e. The molecule has 0 aliphatic carbocycles. The molecule has 0 saturated carbocycles. The summed E-state index contributed by atoms with van der Waals surface area (Å²) in [6, 6.07) is -0.0577. The van der Waals surface area contributed by atoms with Gasteiger partial charge in [0.2, 0.25) is 10.0 Å². The summed E-state index contributed by atoms with van der Waals surface area (Å²) >= 11 is 0. The summed E-state index contributed by atoms with van der Waals surface area (Å²) in [6.07, 6.45) is 3.41. The molecule has 1 heterocycles. The van der Waals surface area contributed by atoms with Crippen molar-refractivity contribution in [2.75, 3.05) is 12.3 Å². The molecule has 96 valence electrons. The minimum atomic E-state index is -3.13. The predicted molar refractivity (Wildman–Crippen MR) is 66.7 cm³/mol. The lowest BCUT2D eigenvalue weighted by Gasteiger charge is -2.45. The molecule has 1 aliphatic heterocycles. The Kier molecular flexibility index (Phi) is 4.37. The van der Waals surface area contributed by atoms with Gasteiger partial charge in [0.25, 0.3) is 0 Å². The van der Waals surface area contributed by atoms with Crippen LogP contribution in [-0.2, 0) is 10.0 Å². The second-order valence-corrected chi connectivity index (χ2v) is 7.16. The maximum absolute atomic E-state index is 12.2. The molecule has 5 heteroatoms. The Labute approximate surface area is 99.2 Å². The smallest absolute Gasteiger partial charge is 0.214 e. The molecule has 0 aromatic heterocycles. The van der Waals surface area contributed by atoms with E-state index in [0.717, 1.165) is 25.7 Å². The van der Waals surface area contributed by atoms with E-state index in [2.05, 4.69) is 0 Å². The largest absolute Gasteiger partial charge is 0.326 e. The highest BCUT2D eigenvalue weighted by molar-refractivity contribution is 7.89. The number of nitrogens with two attached hydrogens (primary N) is 1. The van der Waals surface area contributed by atoms with Crippen molar-refractivity contribution in [3.05, 3.63) is 0 Å². The zero-order valence-electron chi connectivity index (χ0n) is 10.6. The molecule has 16 heavy (non-hydrogen) atoms. The van der Waals surface area contributed by atoms with E-state index >= 15 is 0 Å². The first-order valence-electron chi connectivity index (χ1n) is 6.08. The molecule has 0 spiro atoms. The van der Waals surface area contributed by atoms with E-state index in [0.29, 0.717) is 6.54 Å². The Bertz CT molecular complexity index is 325. The van der Waals surface area contributed by atoms with E-state index in [1.165, 1.54) is 0 Å². The zero-order valence-corrected chi connectivity index (χ0v) is 11.4. The van der Waals surface area contributed by atoms with Gasteiger partial charge in [-0.2, -0.15) is 4.31 Å². The highest BCUT2D eigenvalue weighted by Gasteiger charge is 2.42. The van der Waals surface area contributed by atoms with Crippen LogP contribution >= 0.6 is 0 Å². The fraction of sp³-hybridized carbons (Fsp3) is 1.00. The standard InChI is InChI=1S/C11H24N2O2S/c1-4-5-9-16(14,15)13-8-6-7-10(12)11(13,2)3/h10H,4-9,12H2,1-3H3. The van der Waals surface area contributed by atoms with Gasteiger partial charge in [-0.25, -0.2) is 8.42 Å². The quantitative estimate of drug-likeness (QED) is 0.816. The Morgan fingerprint density at radius 3 is 2.62 bits per heavy atom. The molecule has 0 aromatic carbocycles. The summed E-state index contributed by atoms with van der Waals surface area (Å²) in [7, 11) is -3.13. The van der Waals surface area contributed by atoms with E-state index in [9.17, 15) is 8.42 Å². The summed E-state index contributed by atoms with van der Waals surface area (Å²) in [4.78, 5) is 0. The number of hydrogen-bond acceptors (Lipinski definition) is 3. The third-order valence-electron chi connectivity index (χ3n) is 3.52. The van der Waals surface area contributed by atoms with Crippen molar-refractivity contribution in [3.63, 3.8) is 0 Å². The molecule has 1 atom stereocenters. The molecule has 0 amide bonds. The van der Waals surface area contributed by atoms with Gasteiger partial charge in [0.05, 0.1) is 5.75 Å². The van der Waals surface area contributed by atoms with Crippen molar-refractivity contribution in [2.24, 2.45) is 5.73 Å². The Hall–Kier alpha value is -0.130. The SMILES string of the molecule is CCCCS(=O)(=O)N1CCCC(N)C1(C)C. The van der Waals surface area contributed by atoms with Crippen molar-refractivity contribution in [3.8, 4) is 0 Å². The van der Waals surface area contributed by atoms with Gasteiger partial charge in [-0.05, 0) is 33.1 Å². The number of piperidine rings is 1. The summed E-state index contributed by atoms with van der Waals surface area (Å²) in [5, 5.41) is 0. The first kappa shape index (κ1) is 13.9. The van der Waals surface area contributed by atoms with E-state index in [1.807, 2.05) is 20.8 Å². The first-order chi connectivity index (χ1) is 7.32. The van der Waals surface area contributed by atoms with Gasteiger partial charge in [-0.3, -0.25) is 0 Å². The normalized spacial score (nSPS) is 26.9. The van der Waals surface area contributed by atoms with Gasteiger partial charge in [-0.15, -0.1) is 0 Å². The second-order valence-electron chi connectivity index (χ2n) is 5.14. The molecule has 0 radical (unpaired) electrons. The Balaban J connectivity index is 2.85. The number of nitrogens with zero attached hydrogens (tertiary/aromatic N) is 1. The number of sulfonamides is 1. The molecular formula is C11H24N2O2S. The van der Waals surface area contributed by atoms with Crippen molar-refractivity contribution in [1.82, 2.24) is 4.31 Å². The lowest BCUT2D eigenvalue weighted by atomic mass is 9.88. The fourth-order valence-corrected chi connectivity index (χ4v) is 4.35. The average Bonchev–Trinajstić information content (AvgIpc) is 2.19. The van der Waals surface area contributed by atoms with Crippen LogP contribution in [0.15, 0.2) is 0 Å². The van der Waals surface area contributed by atoms with Crippen molar-refractivity contribution >= 4 is 10.0 Å². The van der Waals surface area contributed by atoms with Crippen LogP contribution in [0.25, 0.3) is 0 Å². The van der Waals surface area contributed by atoms with E-state index in [1.54, 1.807) is 4.31 Å². The molecule has 1 rings (SSSR count). The predicted octanol–water partition coefficient (Wildman–Crippen LogP) is 1.32. The first-order valence-corrected chi connectivity index (χ1v) is 7.69. The van der Waals surface area contributed by atoms with Gasteiger partial charge in [0, 0.05) is 18.1 Å². The summed E-state index contributed by atoms with van der Waals surface area (Å²) < 4.78 is 26.0. The van der Waals surface area contributed by atoms with Crippen LogP contribution < -0.4 is 5.73 Å². The number of rotatable bonds is 4. The van der Waals surface area contributed by atoms with Crippen LogP contribution in [0.5, 0.6) is 0 Å². The molecular weight excluding hydrogens is 224 g/mol. The van der Waals surface area contributed by atoms with Gasteiger partial charge in [0.1, 0.15) is 0 Å². The highest BCUT2D eigenvalue weighted by Crippen LogP contribution is 2.29. The van der Waals surface area contributed by atoms with E-state index < -0.39 is 15.6 Å². The molecule has 0 aromatic rings. The lowest BCUT2D eigenvalue weighted by Crippen LogP contribution is -2.61. The van der Waals surface area contributed by atoms with Gasteiger partial charge >= 0.3 is 0 Å². The zero-order chi connectivity index (χ0) is 12.4. The van der Waals surface area contributed by atoms with Gasteiger partial charge < -0.3 is 5.73 Å². The molecule has 1 saturated heterocycles. The molecule has 1 unspecified atom stereocenters. The van der Waals surface area contributed by atoms with Crippen molar-refractivity contribution in [2.45, 2.75) is 58.0 Å². The third-order valence-corrected chi connectivity index (χ3v) is 5.65. The number of hydrogen-bond donors (Lipinski definition) is 1. The highest BCUT2D eigenvalue weighted by atomic mass is 32.2. The van der Waals surface area contributed by atoms with E-state index in [4.69, 9.17) is 5.73 Å². The number of unbranched alkanes of at least 4 members (excludes halogenated alkanes) is 1. The Morgan fingerprint density at radius 1 is 1.44 bits per heavy atom. The maximum atomic E-state index is 12.2. The summed E-state index contributed by atoms with van der Waals surface area (Å²) in [5.41, 5.74) is 5.58. The van der Waals surface area contributed by atoms with E-state index in [-0.39, 0.29) is 11.8 Å². The third kappa shape index (κ3) is 2.76. The minimum Gasteiger partial charge on any atom is -0.326 e. The molecule has 1 fully saturated rings. The molecule has 2 N–H and O–H groups in total. The van der Waals surface area contributed by atoms with Crippen molar-refractivity contribution in [1.29, 1.82) is 0 Å². The second kappa shape index (κ2) is 5.02. The lowest BCUT2D eigenvalue weighted by molar-refractivity contribution is 0.142.